The van der Waals surface area contributed by atoms with Crippen LogP contribution in [0.25, 0.3) is 0 Å². The van der Waals surface area contributed by atoms with Gasteiger partial charge in [-0.25, -0.2) is 0 Å². The van der Waals surface area contributed by atoms with Gasteiger partial charge in [-0.3, -0.25) is 0 Å². The third-order valence-electron chi connectivity index (χ3n) is 2.27. The maximum atomic E-state index is 11.9. The maximum absolute atomic E-state index is 11.9. The lowest BCUT2D eigenvalue weighted by Gasteiger charge is -2.07. The van der Waals surface area contributed by atoms with E-state index in [0.29, 0.717) is 0 Å². The standard InChI is InChI=1S/C11H13F3/c1-8-3-4-10(7-9(8)2)5-6-11(12,13)14/h3-4,7H,5-6H2,1-2H3. The average Bonchev–Trinajstić information content (AvgIpc) is 2.06. The van der Waals surface area contributed by atoms with Crippen LogP contribution >= 0.6 is 0 Å². The van der Waals surface area contributed by atoms with Crippen molar-refractivity contribution >= 4 is 0 Å². The Morgan fingerprint density at radius 2 is 1.71 bits per heavy atom. The summed E-state index contributed by atoms with van der Waals surface area (Å²) in [6.45, 7) is 3.86. The summed E-state index contributed by atoms with van der Waals surface area (Å²) in [5.41, 5.74) is 2.91. The SMILES string of the molecule is Cc1ccc(CCC(F)(F)F)cc1C. The lowest BCUT2D eigenvalue weighted by molar-refractivity contribution is -0.133. The molecule has 0 aliphatic heterocycles. The Morgan fingerprint density at radius 3 is 2.21 bits per heavy atom. The molecule has 78 valence electrons. The van der Waals surface area contributed by atoms with E-state index in [1.165, 1.54) is 0 Å². The molecule has 3 heteroatoms. The van der Waals surface area contributed by atoms with Gasteiger partial charge >= 0.3 is 6.18 Å². The van der Waals surface area contributed by atoms with Gasteiger partial charge in [0.25, 0.3) is 0 Å². The van der Waals surface area contributed by atoms with Crippen LogP contribution in [-0.2, 0) is 6.42 Å². The summed E-state index contributed by atoms with van der Waals surface area (Å²) in [4.78, 5) is 0. The summed E-state index contributed by atoms with van der Waals surface area (Å²) in [7, 11) is 0. The van der Waals surface area contributed by atoms with E-state index in [4.69, 9.17) is 0 Å². The van der Waals surface area contributed by atoms with Crippen molar-refractivity contribution < 1.29 is 13.2 Å². The Labute approximate surface area is 81.8 Å². The van der Waals surface area contributed by atoms with Crippen molar-refractivity contribution in [3.05, 3.63) is 34.9 Å². The van der Waals surface area contributed by atoms with Crippen molar-refractivity contribution in [3.8, 4) is 0 Å². The van der Waals surface area contributed by atoms with Crippen LogP contribution in [0.3, 0.4) is 0 Å². The van der Waals surface area contributed by atoms with Crippen LogP contribution in [0.5, 0.6) is 0 Å². The van der Waals surface area contributed by atoms with E-state index in [1.807, 2.05) is 26.0 Å². The van der Waals surface area contributed by atoms with Gasteiger partial charge in [-0.2, -0.15) is 13.2 Å². The van der Waals surface area contributed by atoms with Crippen molar-refractivity contribution in [2.75, 3.05) is 0 Å². The van der Waals surface area contributed by atoms with E-state index < -0.39 is 12.6 Å². The molecule has 1 aromatic rings. The maximum Gasteiger partial charge on any atom is 0.389 e. The quantitative estimate of drug-likeness (QED) is 0.684. The minimum absolute atomic E-state index is 0.0740. The molecule has 0 spiro atoms. The van der Waals surface area contributed by atoms with Crippen LogP contribution in [0, 0.1) is 13.8 Å². The molecule has 0 radical (unpaired) electrons. The Hall–Kier alpha value is -0.990. The molecule has 0 bridgehead atoms. The zero-order valence-electron chi connectivity index (χ0n) is 8.28. The number of aryl methyl sites for hydroxylation is 3. The van der Waals surface area contributed by atoms with E-state index in [0.717, 1.165) is 16.7 Å². The molecular formula is C11H13F3. The number of hydrogen-bond donors (Lipinski definition) is 0. The largest absolute Gasteiger partial charge is 0.389 e. The molecule has 0 heterocycles. The van der Waals surface area contributed by atoms with Crippen LogP contribution in [-0.4, -0.2) is 6.18 Å². The molecule has 0 N–H and O–H groups in total. The van der Waals surface area contributed by atoms with Gasteiger partial charge in [0.1, 0.15) is 0 Å². The van der Waals surface area contributed by atoms with E-state index in [-0.39, 0.29) is 6.42 Å². The van der Waals surface area contributed by atoms with Crippen molar-refractivity contribution in [1.29, 1.82) is 0 Å². The molecule has 0 fully saturated rings. The molecule has 0 saturated heterocycles. The summed E-state index contributed by atoms with van der Waals surface area (Å²) in [5.74, 6) is 0. The van der Waals surface area contributed by atoms with E-state index >= 15 is 0 Å². The lowest BCUT2D eigenvalue weighted by Crippen LogP contribution is -2.08. The first-order chi connectivity index (χ1) is 6.38. The molecule has 0 amide bonds. The van der Waals surface area contributed by atoms with Crippen molar-refractivity contribution in [2.24, 2.45) is 0 Å². The van der Waals surface area contributed by atoms with Gasteiger partial charge in [0.15, 0.2) is 0 Å². The number of benzene rings is 1. The van der Waals surface area contributed by atoms with E-state index in [9.17, 15) is 13.2 Å². The first-order valence-electron chi connectivity index (χ1n) is 4.51. The van der Waals surface area contributed by atoms with Crippen LogP contribution in [0.15, 0.2) is 18.2 Å². The van der Waals surface area contributed by atoms with Crippen molar-refractivity contribution in [1.82, 2.24) is 0 Å². The number of rotatable bonds is 2. The predicted octanol–water partition coefficient (Wildman–Crippen LogP) is 3.80. The average molecular weight is 202 g/mol. The highest BCUT2D eigenvalue weighted by atomic mass is 19.4. The highest BCUT2D eigenvalue weighted by Gasteiger charge is 2.26. The fourth-order valence-corrected chi connectivity index (χ4v) is 1.25. The van der Waals surface area contributed by atoms with Gasteiger partial charge in [-0.15, -0.1) is 0 Å². The molecular weight excluding hydrogens is 189 g/mol. The lowest BCUT2D eigenvalue weighted by atomic mass is 10.0. The third kappa shape index (κ3) is 3.40. The van der Waals surface area contributed by atoms with Gasteiger partial charge in [0, 0.05) is 6.42 Å². The molecule has 0 atom stereocenters. The minimum atomic E-state index is -4.06. The van der Waals surface area contributed by atoms with Crippen molar-refractivity contribution in [2.45, 2.75) is 32.9 Å². The normalized spacial score (nSPS) is 11.8. The Morgan fingerprint density at radius 1 is 1.07 bits per heavy atom. The summed E-state index contributed by atoms with van der Waals surface area (Å²) >= 11 is 0. The molecule has 0 aliphatic carbocycles. The van der Waals surface area contributed by atoms with Gasteiger partial charge < -0.3 is 0 Å². The van der Waals surface area contributed by atoms with Gasteiger partial charge in [0.05, 0.1) is 0 Å². The van der Waals surface area contributed by atoms with Crippen LogP contribution in [0.4, 0.5) is 13.2 Å². The predicted molar refractivity (Wildman–Crippen MR) is 50.3 cm³/mol. The van der Waals surface area contributed by atoms with Crippen molar-refractivity contribution in [3.63, 3.8) is 0 Å². The smallest absolute Gasteiger partial charge is 0.171 e. The minimum Gasteiger partial charge on any atom is -0.171 e. The summed E-state index contributed by atoms with van der Waals surface area (Å²) in [5, 5.41) is 0. The van der Waals surface area contributed by atoms with Crippen LogP contribution in [0.1, 0.15) is 23.1 Å². The second-order valence-corrected chi connectivity index (χ2v) is 3.53. The number of hydrogen-bond acceptors (Lipinski definition) is 0. The summed E-state index contributed by atoms with van der Waals surface area (Å²) < 4.78 is 35.8. The number of alkyl halides is 3. The molecule has 0 nitrogen and oxygen atoms in total. The molecule has 1 aromatic carbocycles. The molecule has 14 heavy (non-hydrogen) atoms. The second-order valence-electron chi connectivity index (χ2n) is 3.53. The van der Waals surface area contributed by atoms with Gasteiger partial charge in [0.2, 0.25) is 0 Å². The zero-order chi connectivity index (χ0) is 10.8. The monoisotopic (exact) mass is 202 g/mol. The molecule has 0 aromatic heterocycles. The summed E-state index contributed by atoms with van der Waals surface area (Å²) in [6.07, 6.45) is -4.72. The van der Waals surface area contributed by atoms with Gasteiger partial charge in [-0.05, 0) is 37.0 Å². The third-order valence-corrected chi connectivity index (χ3v) is 2.27. The van der Waals surface area contributed by atoms with Gasteiger partial charge in [-0.1, -0.05) is 18.2 Å². The summed E-state index contributed by atoms with van der Waals surface area (Å²) in [6, 6.07) is 5.44. The number of halogens is 3. The highest BCUT2D eigenvalue weighted by molar-refractivity contribution is 5.29. The zero-order valence-corrected chi connectivity index (χ0v) is 8.28. The molecule has 0 unspecified atom stereocenters. The van der Waals surface area contributed by atoms with Crippen LogP contribution in [0.2, 0.25) is 0 Å². The van der Waals surface area contributed by atoms with Crippen LogP contribution < -0.4 is 0 Å². The second kappa shape index (κ2) is 4.03. The Bertz CT molecular complexity index is 313. The first kappa shape index (κ1) is 11.1. The van der Waals surface area contributed by atoms with E-state index in [2.05, 4.69) is 0 Å². The topological polar surface area (TPSA) is 0 Å². The van der Waals surface area contributed by atoms with E-state index in [1.54, 1.807) is 6.07 Å². The Balaban J connectivity index is 2.65. The Kier molecular flexibility index (Phi) is 3.19. The molecule has 0 aliphatic rings. The highest BCUT2D eigenvalue weighted by Crippen LogP contribution is 2.22. The molecule has 1 rings (SSSR count). The fourth-order valence-electron chi connectivity index (χ4n) is 1.25. The first-order valence-corrected chi connectivity index (χ1v) is 4.51. The molecule has 0 saturated carbocycles. The fraction of sp³-hybridized carbons (Fsp3) is 0.455.